The molecule has 73 heavy (non-hydrogen) atoms. The Morgan fingerprint density at radius 2 is 1.33 bits per heavy atom. The van der Waals surface area contributed by atoms with E-state index in [4.69, 9.17) is 57.6 Å². The van der Waals surface area contributed by atoms with Crippen molar-refractivity contribution >= 4 is 66.5 Å². The lowest BCUT2D eigenvalue weighted by atomic mass is 9.68. The van der Waals surface area contributed by atoms with Gasteiger partial charge in [0.25, 0.3) is 17.8 Å². The normalized spacial score (nSPS) is 19.9. The smallest absolute Gasteiger partial charge is 0.311 e. The fraction of sp³-hybridized carbons (Fsp3) is 0.415. The molecule has 394 valence electrons. The highest BCUT2D eigenvalue weighted by molar-refractivity contribution is 7.92. The number of benzene rings is 4. The van der Waals surface area contributed by atoms with Crippen LogP contribution in [0.15, 0.2) is 107 Å². The van der Waals surface area contributed by atoms with Gasteiger partial charge in [0.15, 0.2) is 5.75 Å². The highest BCUT2D eigenvalue weighted by Crippen LogP contribution is 2.45. The van der Waals surface area contributed by atoms with Crippen molar-refractivity contribution < 1.29 is 47.0 Å². The summed E-state index contributed by atoms with van der Waals surface area (Å²) in [5.41, 5.74) is 4.58. The first kappa shape index (κ1) is 58.4. The van der Waals surface area contributed by atoms with E-state index in [-0.39, 0.29) is 46.7 Å². The van der Waals surface area contributed by atoms with Gasteiger partial charge in [0.1, 0.15) is 37.8 Å². The van der Waals surface area contributed by atoms with Gasteiger partial charge in [-0.15, -0.1) is 21.9 Å². The Bertz CT molecular complexity index is 2980. The quantitative estimate of drug-likeness (QED) is 0.0573. The molecule has 3 aliphatic rings. The monoisotopic (exact) mass is 1080 g/mol. The number of nitro groups is 1. The van der Waals surface area contributed by atoms with Crippen LogP contribution in [0.3, 0.4) is 0 Å². The van der Waals surface area contributed by atoms with Crippen LogP contribution in [0, 0.1) is 22.0 Å². The second-order valence-corrected chi connectivity index (χ2v) is 23.6. The number of ether oxygens (including phenoxy) is 3. The largest absolute Gasteiger partial charge is 0.492 e. The van der Waals surface area contributed by atoms with Gasteiger partial charge in [-0.1, -0.05) is 61.3 Å². The lowest BCUT2D eigenvalue weighted by Gasteiger charge is -2.38. The minimum absolute atomic E-state index is 0.000164. The van der Waals surface area contributed by atoms with E-state index in [0.717, 1.165) is 85.4 Å². The molecule has 0 bridgehead atoms. The van der Waals surface area contributed by atoms with Crippen LogP contribution in [0.25, 0.3) is 0 Å². The number of aryl methyl sites for hydroxylation is 3. The van der Waals surface area contributed by atoms with Gasteiger partial charge in [-0.2, -0.15) is 0 Å². The summed E-state index contributed by atoms with van der Waals surface area (Å²) in [6, 6.07) is 20.8. The summed E-state index contributed by atoms with van der Waals surface area (Å²) in [6.07, 6.45) is 11.9. The zero-order chi connectivity index (χ0) is 53.7. The average molecular weight is 1080 g/mol. The fourth-order valence-electron chi connectivity index (χ4n) is 9.58. The third-order valence-electron chi connectivity index (χ3n) is 12.9. The number of nitrogens with two attached hydrogens (primary N) is 2. The lowest BCUT2D eigenvalue weighted by molar-refractivity contribution is -0.386. The molecular formula is C53H65Cl2N5O11S2. The summed E-state index contributed by atoms with van der Waals surface area (Å²) in [4.78, 5) is 45.5. The van der Waals surface area contributed by atoms with Gasteiger partial charge >= 0.3 is 5.69 Å². The Kier molecular flexibility index (Phi) is 20.5. The molecule has 0 fully saturated rings. The van der Waals surface area contributed by atoms with Crippen molar-refractivity contribution in [2.24, 2.45) is 30.8 Å². The van der Waals surface area contributed by atoms with Crippen molar-refractivity contribution in [3.8, 4) is 11.5 Å². The number of nitrogens with zero attached hydrogens (tertiary/aromatic N) is 3. The molecule has 0 aromatic heterocycles. The first-order valence-electron chi connectivity index (χ1n) is 23.8. The number of amides is 2. The Labute approximate surface area is 438 Å². The number of carbonyl (C=O) groups excluding carboxylic acids is 2. The highest BCUT2D eigenvalue weighted by Gasteiger charge is 2.40. The van der Waals surface area contributed by atoms with Crippen molar-refractivity contribution in [2.75, 3.05) is 31.8 Å². The number of rotatable bonds is 15. The maximum Gasteiger partial charge on any atom is 0.311 e. The Morgan fingerprint density at radius 3 is 1.88 bits per heavy atom. The van der Waals surface area contributed by atoms with Crippen LogP contribution in [-0.2, 0) is 59.6 Å². The third kappa shape index (κ3) is 16.0. The molecule has 0 saturated heterocycles. The maximum atomic E-state index is 12.8. The van der Waals surface area contributed by atoms with Gasteiger partial charge < -0.3 is 19.3 Å². The summed E-state index contributed by atoms with van der Waals surface area (Å²) >= 11 is 12.4. The number of hydrogen-bond donors (Lipinski definition) is 3. The van der Waals surface area contributed by atoms with Crippen LogP contribution in [-0.4, -0.2) is 68.1 Å². The Hall–Kier alpha value is -5.47. The first-order valence-corrected chi connectivity index (χ1v) is 28.0. The van der Waals surface area contributed by atoms with Gasteiger partial charge in [-0.05, 0) is 158 Å². The number of allylic oxidation sites excluding steroid dienone is 2. The molecule has 16 nitrogen and oxygen atoms in total. The van der Waals surface area contributed by atoms with E-state index in [1.807, 2.05) is 44.2 Å². The molecule has 4 aromatic rings. The molecule has 2 unspecified atom stereocenters. The summed E-state index contributed by atoms with van der Waals surface area (Å²) in [7, 11) is -4.84. The molecule has 20 heteroatoms. The zero-order valence-electron chi connectivity index (χ0n) is 41.6. The van der Waals surface area contributed by atoms with Gasteiger partial charge in [0.2, 0.25) is 0 Å². The number of aliphatic carboxylic acids is 1. The summed E-state index contributed by atoms with van der Waals surface area (Å²) in [5, 5.41) is 32.2. The van der Waals surface area contributed by atoms with Crippen molar-refractivity contribution in [1.29, 1.82) is 0 Å². The van der Waals surface area contributed by atoms with E-state index in [9.17, 15) is 28.1 Å². The topological polar surface area (TPSA) is 253 Å². The van der Waals surface area contributed by atoms with Gasteiger partial charge in [0, 0.05) is 58.2 Å². The van der Waals surface area contributed by atoms with E-state index < -0.39 is 53.8 Å². The highest BCUT2D eigenvalue weighted by atomic mass is 35.5. The minimum Gasteiger partial charge on any atom is -0.492 e. The molecule has 2 amide bonds. The third-order valence-corrected chi connectivity index (χ3v) is 16.4. The number of fused-ring (bicyclic) bond motifs is 4. The van der Waals surface area contributed by atoms with Crippen molar-refractivity contribution in [2.45, 2.75) is 96.0 Å². The summed E-state index contributed by atoms with van der Waals surface area (Å²) in [5.74, 6) is -1.40. The number of nitro benzene ring substituents is 1. The summed E-state index contributed by atoms with van der Waals surface area (Å²) in [6.45, 7) is 12.8. The van der Waals surface area contributed by atoms with Gasteiger partial charge in [-0.25, -0.2) is 18.7 Å². The zero-order valence-corrected chi connectivity index (χ0v) is 44.8. The van der Waals surface area contributed by atoms with Crippen molar-refractivity contribution in [3.63, 3.8) is 0 Å². The molecule has 1 aliphatic heterocycles. The molecule has 5 N–H and O–H groups in total. The fourth-order valence-corrected chi connectivity index (χ4v) is 12.8. The molecular weight excluding hydrogens is 1020 g/mol. The number of methoxy groups -OCH3 is 1. The number of carbonyl (C=O) groups is 3. The van der Waals surface area contributed by atoms with E-state index in [1.165, 1.54) is 23.3 Å². The molecule has 0 radical (unpaired) electrons. The predicted molar refractivity (Wildman–Crippen MR) is 287 cm³/mol. The lowest BCUT2D eigenvalue weighted by Crippen LogP contribution is -2.39. The van der Waals surface area contributed by atoms with Crippen LogP contribution < -0.4 is 19.8 Å². The second kappa shape index (κ2) is 25.7. The van der Waals surface area contributed by atoms with Crippen LogP contribution in [0.5, 0.6) is 11.5 Å². The first-order chi connectivity index (χ1) is 34.4. The number of halogens is 2. The van der Waals surface area contributed by atoms with Crippen LogP contribution in [0.1, 0.15) is 114 Å². The maximum absolute atomic E-state index is 12.8. The molecule has 0 saturated carbocycles. The minimum atomic E-state index is -3.31. The van der Waals surface area contributed by atoms with Crippen LogP contribution in [0.4, 0.5) is 5.69 Å². The number of hydrogen-bond acceptors (Lipinski definition) is 10. The molecule has 1 spiro atoms. The average Bonchev–Trinajstić information content (AvgIpc) is 3.49. The SMILES string of the molecule is C=CC[C@H](C)CS(N)(=O)=NC(=O)c1ccc(OC[C@@]2(OC)CCCc3cc(Cl)ccc32)c([N+](=O)[O-])c1.C=CC[C@H](C)CS(N)(=O)=NC(=O)c1ccc2c(c1)CC[C@@]1(CCCc3cc(Cl)ccc31)CO2.CC(=O)O. The molecule has 1 heterocycles. The van der Waals surface area contributed by atoms with E-state index >= 15 is 0 Å². The Balaban J connectivity index is 0.000000253. The second-order valence-electron chi connectivity index (χ2n) is 18.9. The number of carboxylic acid groups (broad SMARTS) is 1. The summed E-state index contributed by atoms with van der Waals surface area (Å²) < 4.78 is 50.8. The van der Waals surface area contributed by atoms with E-state index in [0.29, 0.717) is 36.5 Å². The van der Waals surface area contributed by atoms with Crippen LogP contribution in [0.2, 0.25) is 10.0 Å². The molecule has 6 atom stereocenters. The van der Waals surface area contributed by atoms with Crippen molar-refractivity contribution in [1.82, 2.24) is 0 Å². The predicted octanol–water partition coefficient (Wildman–Crippen LogP) is 10.9. The van der Waals surface area contributed by atoms with E-state index in [2.05, 4.69) is 34.0 Å². The van der Waals surface area contributed by atoms with Gasteiger partial charge in [0.05, 0.1) is 11.5 Å². The van der Waals surface area contributed by atoms with E-state index in [1.54, 1.807) is 31.4 Å². The van der Waals surface area contributed by atoms with Crippen molar-refractivity contribution in [3.05, 3.63) is 157 Å². The van der Waals surface area contributed by atoms with Crippen LogP contribution >= 0.6 is 23.2 Å². The standard InChI is InChI=1S/C26H31ClN2O3S.C25H30ClN3O6S.C2H4O2/c1-3-5-18(2)16-33(28,31)29-25(30)21-7-10-24-20(14-21)11-13-26(17-32-24)12-4-6-19-15-22(27)8-9-23(19)26;1-4-6-17(2)15-36(27,33)28-24(30)19-8-11-23(22(14-19)29(31)32)35-16-25(34-3)12-5-7-18-13-20(26)9-10-21(18)25;1-2(3)4/h3,7-10,14-15,18H,1,4-6,11-13,16-17H2,2H3,(H2,28,29,30,31);4,8-11,13-14,17H,1,5-7,12,15-16H2,2-3H3,(H2,27,28,30,33);1H3,(H,3,4)/t18-,26-,33?;17-,25-,36?;/m00./s1. The molecule has 7 rings (SSSR count). The Morgan fingerprint density at radius 1 is 0.808 bits per heavy atom. The molecule has 2 aliphatic carbocycles. The number of carboxylic acids is 1. The van der Waals surface area contributed by atoms with Gasteiger partial charge in [-0.3, -0.25) is 24.5 Å². The molecule has 4 aromatic carbocycles.